The fraction of sp³-hybridized carbons (Fsp3) is 0.533. The maximum atomic E-state index is 11.9. The lowest BCUT2D eigenvalue weighted by molar-refractivity contribution is -0.147. The zero-order chi connectivity index (χ0) is 15.8. The number of carbonyl (C=O) groups is 3. The Bertz CT molecular complexity index is 467. The van der Waals surface area contributed by atoms with Gasteiger partial charge < -0.3 is 9.84 Å². The Hall–Kier alpha value is -1.95. The summed E-state index contributed by atoms with van der Waals surface area (Å²) in [7, 11) is 0. The van der Waals surface area contributed by atoms with Crippen LogP contribution in [0.5, 0.6) is 0 Å². The van der Waals surface area contributed by atoms with E-state index < -0.39 is 24.0 Å². The number of rotatable bonds is 8. The Labute approximate surface area is 123 Å². The Kier molecular flexibility index (Phi) is 6.81. The zero-order valence-corrected chi connectivity index (χ0v) is 12.3. The normalized spacial score (nSPS) is 17.0. The van der Waals surface area contributed by atoms with Gasteiger partial charge in [0.1, 0.15) is 12.1 Å². The largest absolute Gasteiger partial charge is 0.480 e. The lowest BCUT2D eigenvalue weighted by Gasteiger charge is -2.20. The number of carbonyl (C=O) groups excluding carboxylic acids is 2. The van der Waals surface area contributed by atoms with Crippen LogP contribution in [0.1, 0.15) is 33.1 Å². The van der Waals surface area contributed by atoms with Crippen molar-refractivity contribution in [3.63, 3.8) is 0 Å². The third-order valence-electron chi connectivity index (χ3n) is 3.11. The van der Waals surface area contributed by atoms with Crippen molar-refractivity contribution in [2.24, 2.45) is 0 Å². The van der Waals surface area contributed by atoms with Gasteiger partial charge in [-0.2, -0.15) is 0 Å². The lowest BCUT2D eigenvalue weighted by atomic mass is 9.99. The number of ether oxygens (including phenoxy) is 1. The van der Waals surface area contributed by atoms with E-state index in [1.807, 2.05) is 6.08 Å². The van der Waals surface area contributed by atoms with E-state index in [1.54, 1.807) is 19.1 Å². The van der Waals surface area contributed by atoms with Gasteiger partial charge in [-0.25, -0.2) is 0 Å². The predicted molar refractivity (Wildman–Crippen MR) is 76.7 cm³/mol. The molecule has 0 spiro atoms. The standard InChI is InChI=1S/C15H21NO5/c1-3-21-15(20)13(16-10(2)14(18)19)8-7-11-5-4-6-12(17)9-11/h4-5,9-10,13,16H,3,6-8H2,1-2H3,(H,18,19)/t10-,13-/m0/s1. The summed E-state index contributed by atoms with van der Waals surface area (Å²) < 4.78 is 4.95. The van der Waals surface area contributed by atoms with Crippen molar-refractivity contribution in [1.82, 2.24) is 5.32 Å². The second kappa shape index (κ2) is 8.36. The van der Waals surface area contributed by atoms with Crippen molar-refractivity contribution in [3.05, 3.63) is 23.8 Å². The van der Waals surface area contributed by atoms with Crippen molar-refractivity contribution in [2.75, 3.05) is 6.61 Å². The number of carboxylic acid groups (broad SMARTS) is 1. The molecule has 0 aromatic carbocycles. The van der Waals surface area contributed by atoms with Gasteiger partial charge in [-0.3, -0.25) is 19.7 Å². The molecule has 2 N–H and O–H groups in total. The van der Waals surface area contributed by atoms with E-state index in [-0.39, 0.29) is 12.4 Å². The van der Waals surface area contributed by atoms with Crippen molar-refractivity contribution >= 4 is 17.7 Å². The molecule has 2 atom stereocenters. The minimum atomic E-state index is -1.03. The lowest BCUT2D eigenvalue weighted by Crippen LogP contribution is -2.46. The molecular formula is C15H21NO5. The van der Waals surface area contributed by atoms with E-state index >= 15 is 0 Å². The molecule has 0 saturated carbocycles. The first-order valence-electron chi connectivity index (χ1n) is 6.99. The minimum Gasteiger partial charge on any atom is -0.480 e. The van der Waals surface area contributed by atoms with Crippen LogP contribution in [0, 0.1) is 0 Å². The summed E-state index contributed by atoms with van der Waals surface area (Å²) in [5.41, 5.74) is 0.838. The van der Waals surface area contributed by atoms with Gasteiger partial charge in [-0.1, -0.05) is 12.2 Å². The molecule has 0 radical (unpaired) electrons. The Morgan fingerprint density at radius 3 is 2.76 bits per heavy atom. The van der Waals surface area contributed by atoms with Crippen molar-refractivity contribution in [2.45, 2.75) is 45.2 Å². The summed E-state index contributed by atoms with van der Waals surface area (Å²) in [6.07, 6.45) is 6.47. The second-order valence-corrected chi connectivity index (χ2v) is 4.86. The summed E-state index contributed by atoms with van der Waals surface area (Å²) in [4.78, 5) is 34.0. The van der Waals surface area contributed by atoms with E-state index in [1.165, 1.54) is 6.92 Å². The van der Waals surface area contributed by atoms with Gasteiger partial charge in [0, 0.05) is 6.42 Å². The van der Waals surface area contributed by atoms with Gasteiger partial charge in [0.2, 0.25) is 0 Å². The number of ketones is 1. The van der Waals surface area contributed by atoms with Crippen molar-refractivity contribution < 1.29 is 24.2 Å². The van der Waals surface area contributed by atoms with Gasteiger partial charge in [-0.15, -0.1) is 0 Å². The third kappa shape index (κ3) is 5.91. The molecule has 21 heavy (non-hydrogen) atoms. The molecule has 0 amide bonds. The Morgan fingerprint density at radius 1 is 1.48 bits per heavy atom. The van der Waals surface area contributed by atoms with Crippen LogP contribution in [0.15, 0.2) is 23.8 Å². The van der Waals surface area contributed by atoms with E-state index in [9.17, 15) is 14.4 Å². The van der Waals surface area contributed by atoms with Crippen LogP contribution in [0.25, 0.3) is 0 Å². The van der Waals surface area contributed by atoms with Crippen LogP contribution in [0.3, 0.4) is 0 Å². The van der Waals surface area contributed by atoms with Crippen LogP contribution < -0.4 is 5.32 Å². The highest BCUT2D eigenvalue weighted by Crippen LogP contribution is 2.15. The highest BCUT2D eigenvalue weighted by atomic mass is 16.5. The second-order valence-electron chi connectivity index (χ2n) is 4.86. The fourth-order valence-corrected chi connectivity index (χ4v) is 1.99. The number of esters is 1. The molecule has 116 valence electrons. The Balaban J connectivity index is 2.64. The van der Waals surface area contributed by atoms with E-state index in [0.29, 0.717) is 19.3 Å². The quantitative estimate of drug-likeness (QED) is 0.654. The zero-order valence-electron chi connectivity index (χ0n) is 12.3. The SMILES string of the molecule is CCOC(=O)[C@H](CCC1=CC(=O)CC=C1)N[C@@H](C)C(=O)O. The molecule has 6 nitrogen and oxygen atoms in total. The average molecular weight is 295 g/mol. The first-order chi connectivity index (χ1) is 9.93. The molecule has 1 aliphatic rings. The summed E-state index contributed by atoms with van der Waals surface area (Å²) in [6.45, 7) is 3.40. The molecule has 1 aliphatic carbocycles. The van der Waals surface area contributed by atoms with Crippen LogP contribution >= 0.6 is 0 Å². The van der Waals surface area contributed by atoms with Crippen LogP contribution in [-0.4, -0.2) is 41.5 Å². The molecule has 0 unspecified atom stereocenters. The van der Waals surface area contributed by atoms with E-state index in [0.717, 1.165) is 5.57 Å². The molecule has 0 heterocycles. The molecule has 0 aromatic heterocycles. The van der Waals surface area contributed by atoms with E-state index in [2.05, 4.69) is 5.32 Å². The van der Waals surface area contributed by atoms with Crippen LogP contribution in [-0.2, 0) is 19.1 Å². The molecule has 0 saturated heterocycles. The first kappa shape index (κ1) is 17.1. The number of carboxylic acids is 1. The van der Waals surface area contributed by atoms with Crippen LogP contribution in [0.2, 0.25) is 0 Å². The molecule has 0 aromatic rings. The summed E-state index contributed by atoms with van der Waals surface area (Å²) in [5.74, 6) is -1.47. The summed E-state index contributed by atoms with van der Waals surface area (Å²) >= 11 is 0. The number of nitrogens with one attached hydrogen (secondary N) is 1. The highest BCUT2D eigenvalue weighted by Gasteiger charge is 2.24. The van der Waals surface area contributed by atoms with E-state index in [4.69, 9.17) is 9.84 Å². The highest BCUT2D eigenvalue weighted by molar-refractivity contribution is 5.93. The minimum absolute atomic E-state index is 0.0343. The van der Waals surface area contributed by atoms with Crippen LogP contribution in [0.4, 0.5) is 0 Å². The number of hydrogen-bond acceptors (Lipinski definition) is 5. The molecule has 1 rings (SSSR count). The fourth-order valence-electron chi connectivity index (χ4n) is 1.99. The van der Waals surface area contributed by atoms with Gasteiger partial charge in [-0.05, 0) is 38.3 Å². The summed E-state index contributed by atoms with van der Waals surface area (Å²) in [6, 6.07) is -1.56. The van der Waals surface area contributed by atoms with Crippen molar-refractivity contribution in [1.29, 1.82) is 0 Å². The van der Waals surface area contributed by atoms with Gasteiger partial charge in [0.25, 0.3) is 0 Å². The van der Waals surface area contributed by atoms with Gasteiger partial charge >= 0.3 is 11.9 Å². The molecule has 6 heteroatoms. The summed E-state index contributed by atoms with van der Waals surface area (Å²) in [5, 5.41) is 11.7. The average Bonchev–Trinajstić information content (AvgIpc) is 2.43. The molecular weight excluding hydrogens is 274 g/mol. The maximum Gasteiger partial charge on any atom is 0.323 e. The first-order valence-corrected chi connectivity index (χ1v) is 6.99. The molecule has 0 bridgehead atoms. The maximum absolute atomic E-state index is 11.9. The molecule has 0 fully saturated rings. The topological polar surface area (TPSA) is 92.7 Å². The number of allylic oxidation sites excluding steroid dienone is 4. The monoisotopic (exact) mass is 295 g/mol. The molecule has 0 aliphatic heterocycles. The van der Waals surface area contributed by atoms with Gasteiger partial charge in [0.15, 0.2) is 5.78 Å². The van der Waals surface area contributed by atoms with Crippen molar-refractivity contribution in [3.8, 4) is 0 Å². The van der Waals surface area contributed by atoms with Gasteiger partial charge in [0.05, 0.1) is 6.61 Å². The number of hydrogen-bond donors (Lipinski definition) is 2. The third-order valence-corrected chi connectivity index (χ3v) is 3.11. The predicted octanol–water partition coefficient (Wildman–Crippen LogP) is 1.22. The Morgan fingerprint density at radius 2 is 2.19 bits per heavy atom. The number of aliphatic carboxylic acids is 1. The smallest absolute Gasteiger partial charge is 0.323 e.